The van der Waals surface area contributed by atoms with Gasteiger partial charge in [0.05, 0.1) is 11.4 Å². The summed E-state index contributed by atoms with van der Waals surface area (Å²) in [5.74, 6) is -0.338. The Balaban J connectivity index is 1.56. The molecule has 0 radical (unpaired) electrons. The molecule has 1 saturated carbocycles. The van der Waals surface area contributed by atoms with Crippen molar-refractivity contribution < 1.29 is 14.3 Å². The first kappa shape index (κ1) is 18.3. The zero-order valence-corrected chi connectivity index (χ0v) is 15.7. The zero-order valence-electron chi connectivity index (χ0n) is 15.7. The van der Waals surface area contributed by atoms with E-state index in [1.807, 2.05) is 6.07 Å². The quantitative estimate of drug-likeness (QED) is 0.803. The van der Waals surface area contributed by atoms with E-state index in [1.54, 1.807) is 30.5 Å². The van der Waals surface area contributed by atoms with Gasteiger partial charge in [0.1, 0.15) is 6.10 Å². The standard InChI is InChI=1S/C21H24N4O3/c22-20(26)14-6-7-18(25-10-1-2-11-25)17(12-14)24-21(27)15-8-9-23-19(13-15)28-16-4-3-5-16/h6-9,12-13,16H,1-5,10-11H2,(H2,22,26)(H,24,27). The van der Waals surface area contributed by atoms with Crippen molar-refractivity contribution in [3.8, 4) is 5.88 Å². The number of carbonyl (C=O) groups is 2. The number of primary amides is 1. The number of benzene rings is 1. The van der Waals surface area contributed by atoms with Crippen LogP contribution in [0.15, 0.2) is 36.5 Å². The Morgan fingerprint density at radius 3 is 2.54 bits per heavy atom. The molecule has 0 unspecified atom stereocenters. The molecule has 0 bridgehead atoms. The zero-order chi connectivity index (χ0) is 19.5. The van der Waals surface area contributed by atoms with Crippen LogP contribution in [-0.2, 0) is 0 Å². The molecule has 146 valence electrons. The third kappa shape index (κ3) is 3.93. The molecule has 7 nitrogen and oxygen atoms in total. The molecule has 2 aliphatic rings. The number of nitrogens with two attached hydrogens (primary N) is 1. The van der Waals surface area contributed by atoms with E-state index < -0.39 is 5.91 Å². The van der Waals surface area contributed by atoms with Crippen LogP contribution in [0.2, 0.25) is 0 Å². The Hall–Kier alpha value is -3.09. The normalized spacial score (nSPS) is 16.5. The van der Waals surface area contributed by atoms with Crippen molar-refractivity contribution in [1.82, 2.24) is 4.98 Å². The van der Waals surface area contributed by atoms with E-state index in [9.17, 15) is 9.59 Å². The minimum absolute atomic E-state index is 0.194. The summed E-state index contributed by atoms with van der Waals surface area (Å²) in [5, 5.41) is 2.94. The van der Waals surface area contributed by atoms with Gasteiger partial charge in [-0.1, -0.05) is 0 Å². The van der Waals surface area contributed by atoms with Crippen molar-refractivity contribution in [1.29, 1.82) is 0 Å². The third-order valence-electron chi connectivity index (χ3n) is 5.31. The van der Waals surface area contributed by atoms with E-state index in [0.29, 0.717) is 22.7 Å². The van der Waals surface area contributed by atoms with Crippen molar-refractivity contribution in [2.75, 3.05) is 23.3 Å². The number of nitrogens with one attached hydrogen (secondary N) is 1. The number of nitrogens with zero attached hydrogens (tertiary/aromatic N) is 2. The largest absolute Gasteiger partial charge is 0.474 e. The van der Waals surface area contributed by atoms with Crippen molar-refractivity contribution in [3.63, 3.8) is 0 Å². The van der Waals surface area contributed by atoms with Crippen LogP contribution in [-0.4, -0.2) is 36.0 Å². The molecule has 1 aromatic heterocycles. The molecule has 2 fully saturated rings. The van der Waals surface area contributed by atoms with Crippen LogP contribution in [0, 0.1) is 0 Å². The number of pyridine rings is 1. The van der Waals surface area contributed by atoms with Gasteiger partial charge in [-0.2, -0.15) is 0 Å². The number of rotatable bonds is 6. The van der Waals surface area contributed by atoms with Crippen LogP contribution in [0.5, 0.6) is 5.88 Å². The highest BCUT2D eigenvalue weighted by Gasteiger charge is 2.21. The second kappa shape index (κ2) is 7.88. The van der Waals surface area contributed by atoms with Gasteiger partial charge in [0.15, 0.2) is 0 Å². The summed E-state index contributed by atoms with van der Waals surface area (Å²) < 4.78 is 5.79. The number of anilines is 2. The molecule has 1 aliphatic carbocycles. The maximum atomic E-state index is 12.9. The Bertz CT molecular complexity index is 889. The summed E-state index contributed by atoms with van der Waals surface area (Å²) in [4.78, 5) is 30.9. The summed E-state index contributed by atoms with van der Waals surface area (Å²) in [5.41, 5.74) is 7.73. The lowest BCUT2D eigenvalue weighted by Crippen LogP contribution is -2.25. The van der Waals surface area contributed by atoms with Gasteiger partial charge in [-0.25, -0.2) is 4.98 Å². The van der Waals surface area contributed by atoms with E-state index in [-0.39, 0.29) is 12.0 Å². The molecule has 3 N–H and O–H groups in total. The highest BCUT2D eigenvalue weighted by atomic mass is 16.5. The van der Waals surface area contributed by atoms with Crippen LogP contribution < -0.4 is 20.7 Å². The fraction of sp³-hybridized carbons (Fsp3) is 0.381. The summed E-state index contributed by atoms with van der Waals surface area (Å²) in [6, 6.07) is 8.49. The Morgan fingerprint density at radius 1 is 1.07 bits per heavy atom. The first-order valence-corrected chi connectivity index (χ1v) is 9.73. The van der Waals surface area contributed by atoms with Gasteiger partial charge in [0, 0.05) is 36.5 Å². The van der Waals surface area contributed by atoms with Gasteiger partial charge in [0.25, 0.3) is 5.91 Å². The second-order valence-corrected chi connectivity index (χ2v) is 7.30. The van der Waals surface area contributed by atoms with Crippen LogP contribution in [0.3, 0.4) is 0 Å². The topological polar surface area (TPSA) is 97.6 Å². The van der Waals surface area contributed by atoms with Gasteiger partial charge in [-0.15, -0.1) is 0 Å². The highest BCUT2D eigenvalue weighted by molar-refractivity contribution is 6.07. The molecular weight excluding hydrogens is 356 g/mol. The van der Waals surface area contributed by atoms with Crippen LogP contribution >= 0.6 is 0 Å². The van der Waals surface area contributed by atoms with Crippen molar-refractivity contribution in [3.05, 3.63) is 47.7 Å². The smallest absolute Gasteiger partial charge is 0.255 e. The molecule has 1 aromatic carbocycles. The van der Waals surface area contributed by atoms with Gasteiger partial charge < -0.3 is 20.7 Å². The number of amides is 2. The minimum atomic E-state index is -0.524. The molecule has 1 saturated heterocycles. The summed E-state index contributed by atoms with van der Waals surface area (Å²) in [6.45, 7) is 1.85. The molecule has 7 heteroatoms. The van der Waals surface area contributed by atoms with E-state index in [4.69, 9.17) is 10.5 Å². The van der Waals surface area contributed by atoms with Crippen LogP contribution in [0.1, 0.15) is 52.8 Å². The van der Waals surface area contributed by atoms with Crippen LogP contribution in [0.25, 0.3) is 0 Å². The summed E-state index contributed by atoms with van der Waals surface area (Å²) in [6.07, 6.45) is 7.20. The number of hydrogen-bond acceptors (Lipinski definition) is 5. The molecule has 0 atom stereocenters. The minimum Gasteiger partial charge on any atom is -0.474 e. The average molecular weight is 380 g/mol. The van der Waals surface area contributed by atoms with Gasteiger partial charge in [0.2, 0.25) is 11.8 Å². The lowest BCUT2D eigenvalue weighted by Gasteiger charge is -2.25. The molecule has 2 amide bonds. The number of carbonyl (C=O) groups excluding carboxylic acids is 2. The Morgan fingerprint density at radius 2 is 1.86 bits per heavy atom. The lowest BCUT2D eigenvalue weighted by molar-refractivity contribution is 0.0995. The summed E-state index contributed by atoms with van der Waals surface area (Å²) >= 11 is 0. The SMILES string of the molecule is NC(=O)c1ccc(N2CCCC2)c(NC(=O)c2ccnc(OC3CCC3)c2)c1. The number of ether oxygens (including phenoxy) is 1. The molecule has 4 rings (SSSR count). The predicted molar refractivity (Wildman–Crippen MR) is 107 cm³/mol. The van der Waals surface area contributed by atoms with Crippen molar-refractivity contribution >= 4 is 23.2 Å². The number of aromatic nitrogens is 1. The predicted octanol–water partition coefficient (Wildman–Crippen LogP) is 2.96. The molecule has 2 aromatic rings. The lowest BCUT2D eigenvalue weighted by atomic mass is 9.96. The van der Waals surface area contributed by atoms with E-state index >= 15 is 0 Å². The van der Waals surface area contributed by atoms with E-state index in [1.165, 1.54) is 6.42 Å². The molecule has 2 heterocycles. The van der Waals surface area contributed by atoms with Crippen molar-refractivity contribution in [2.24, 2.45) is 5.73 Å². The van der Waals surface area contributed by atoms with Crippen LogP contribution in [0.4, 0.5) is 11.4 Å². The molecule has 0 spiro atoms. The van der Waals surface area contributed by atoms with Crippen molar-refractivity contribution in [2.45, 2.75) is 38.2 Å². The Labute approximate surface area is 163 Å². The maximum absolute atomic E-state index is 12.9. The van der Waals surface area contributed by atoms with Gasteiger partial charge in [-0.05, 0) is 56.4 Å². The van der Waals surface area contributed by atoms with E-state index in [0.717, 1.165) is 44.5 Å². The fourth-order valence-electron chi connectivity index (χ4n) is 3.49. The Kier molecular flexibility index (Phi) is 5.14. The highest BCUT2D eigenvalue weighted by Crippen LogP contribution is 2.31. The number of hydrogen-bond donors (Lipinski definition) is 2. The molecular formula is C21H24N4O3. The van der Waals surface area contributed by atoms with E-state index in [2.05, 4.69) is 15.2 Å². The third-order valence-corrected chi connectivity index (χ3v) is 5.31. The molecule has 1 aliphatic heterocycles. The monoisotopic (exact) mass is 380 g/mol. The maximum Gasteiger partial charge on any atom is 0.255 e. The average Bonchev–Trinajstić information content (AvgIpc) is 3.19. The van der Waals surface area contributed by atoms with Gasteiger partial charge in [-0.3, -0.25) is 9.59 Å². The fourth-order valence-corrected chi connectivity index (χ4v) is 3.49. The van der Waals surface area contributed by atoms with Gasteiger partial charge >= 0.3 is 0 Å². The second-order valence-electron chi connectivity index (χ2n) is 7.30. The first-order valence-electron chi connectivity index (χ1n) is 9.73. The summed E-state index contributed by atoms with van der Waals surface area (Å²) in [7, 11) is 0. The first-order chi connectivity index (χ1) is 13.6. The molecule has 28 heavy (non-hydrogen) atoms.